The molecule has 1 N–H and O–H groups in total. The maximum atomic E-state index is 13.0. The first-order valence-corrected chi connectivity index (χ1v) is 4.43. The summed E-state index contributed by atoms with van der Waals surface area (Å²) in [5.74, 6) is -2.18. The van der Waals surface area contributed by atoms with E-state index in [1.165, 1.54) is 0 Å². The number of nitrogens with zero attached hydrogens (tertiary/aromatic N) is 1. The van der Waals surface area contributed by atoms with Gasteiger partial charge >= 0.3 is 6.03 Å². The third-order valence-electron chi connectivity index (χ3n) is 2.57. The van der Waals surface area contributed by atoms with Crippen molar-refractivity contribution in [2.75, 3.05) is 0 Å². The molecule has 6 heteroatoms. The standard InChI is InChI=1S/C8H9FN2O3/c9-5-6(12)10-8(14)11(7(5)13)4-2-1-3-4/h4-5H,1-3H2,(H,10,12,14). The van der Waals surface area contributed by atoms with Crippen LogP contribution in [0.3, 0.4) is 0 Å². The first-order valence-electron chi connectivity index (χ1n) is 4.43. The maximum Gasteiger partial charge on any atom is 0.331 e. The number of rotatable bonds is 1. The number of hydrogen-bond donors (Lipinski definition) is 1. The summed E-state index contributed by atoms with van der Waals surface area (Å²) in [6.07, 6.45) is 0.0838. The van der Waals surface area contributed by atoms with Gasteiger partial charge in [0.15, 0.2) is 0 Å². The number of nitrogens with one attached hydrogen (secondary N) is 1. The molecule has 1 saturated carbocycles. The molecule has 0 radical (unpaired) electrons. The summed E-state index contributed by atoms with van der Waals surface area (Å²) in [5, 5.41) is 1.81. The second-order valence-corrected chi connectivity index (χ2v) is 3.45. The second kappa shape index (κ2) is 3.04. The Labute approximate surface area is 79.2 Å². The van der Waals surface area contributed by atoms with E-state index in [1.807, 2.05) is 5.32 Å². The van der Waals surface area contributed by atoms with Crippen LogP contribution in [-0.2, 0) is 9.59 Å². The van der Waals surface area contributed by atoms with Crippen molar-refractivity contribution in [3.63, 3.8) is 0 Å². The predicted molar refractivity (Wildman–Crippen MR) is 42.9 cm³/mol. The van der Waals surface area contributed by atoms with E-state index in [0.29, 0.717) is 12.8 Å². The third kappa shape index (κ3) is 1.18. The molecule has 0 aromatic rings. The molecular weight excluding hydrogens is 191 g/mol. The van der Waals surface area contributed by atoms with E-state index in [9.17, 15) is 18.8 Å². The molecule has 2 aliphatic rings. The summed E-state index contributed by atoms with van der Waals surface area (Å²) >= 11 is 0. The first kappa shape index (κ1) is 9.11. The van der Waals surface area contributed by atoms with Crippen LogP contribution in [0.15, 0.2) is 0 Å². The van der Waals surface area contributed by atoms with Crippen LogP contribution >= 0.6 is 0 Å². The maximum absolute atomic E-state index is 13.0. The number of alkyl halides is 1. The number of imide groups is 2. The summed E-state index contributed by atoms with van der Waals surface area (Å²) in [7, 11) is 0. The molecule has 2 rings (SSSR count). The van der Waals surface area contributed by atoms with Crippen LogP contribution in [-0.4, -0.2) is 35.0 Å². The molecule has 5 nitrogen and oxygen atoms in total. The molecule has 76 valence electrons. The summed E-state index contributed by atoms with van der Waals surface area (Å²) in [4.78, 5) is 34.0. The van der Waals surface area contributed by atoms with Gasteiger partial charge in [-0.2, -0.15) is 0 Å². The Bertz CT molecular complexity index is 314. The minimum absolute atomic E-state index is 0.228. The summed E-state index contributed by atoms with van der Waals surface area (Å²) in [6.45, 7) is 0. The molecule has 2 fully saturated rings. The number of amides is 4. The molecule has 1 aliphatic heterocycles. The lowest BCUT2D eigenvalue weighted by molar-refractivity contribution is -0.146. The van der Waals surface area contributed by atoms with Crippen LogP contribution in [0.5, 0.6) is 0 Å². The average molecular weight is 200 g/mol. The molecule has 1 saturated heterocycles. The van der Waals surface area contributed by atoms with Gasteiger partial charge in [-0.25, -0.2) is 9.18 Å². The molecule has 0 spiro atoms. The van der Waals surface area contributed by atoms with Crippen molar-refractivity contribution in [1.29, 1.82) is 0 Å². The molecular formula is C8H9FN2O3. The van der Waals surface area contributed by atoms with E-state index in [4.69, 9.17) is 0 Å². The Hall–Kier alpha value is -1.46. The monoisotopic (exact) mass is 200 g/mol. The molecule has 1 unspecified atom stereocenters. The largest absolute Gasteiger partial charge is 0.331 e. The smallest absolute Gasteiger partial charge is 0.275 e. The minimum atomic E-state index is -2.23. The van der Waals surface area contributed by atoms with E-state index < -0.39 is 24.0 Å². The molecule has 1 heterocycles. The Morgan fingerprint density at radius 1 is 1.29 bits per heavy atom. The molecule has 4 amide bonds. The van der Waals surface area contributed by atoms with Gasteiger partial charge in [-0.05, 0) is 19.3 Å². The Morgan fingerprint density at radius 3 is 2.43 bits per heavy atom. The van der Waals surface area contributed by atoms with Gasteiger partial charge in [0, 0.05) is 6.04 Å². The van der Waals surface area contributed by atoms with Crippen molar-refractivity contribution in [1.82, 2.24) is 10.2 Å². The zero-order chi connectivity index (χ0) is 10.3. The average Bonchev–Trinajstić information content (AvgIpc) is 2.05. The van der Waals surface area contributed by atoms with Crippen LogP contribution < -0.4 is 5.32 Å². The zero-order valence-corrected chi connectivity index (χ0v) is 7.33. The number of barbiturate groups is 1. The van der Waals surface area contributed by atoms with Crippen LogP contribution in [0.1, 0.15) is 19.3 Å². The van der Waals surface area contributed by atoms with Crippen molar-refractivity contribution >= 4 is 17.8 Å². The van der Waals surface area contributed by atoms with E-state index in [2.05, 4.69) is 0 Å². The Kier molecular flexibility index (Phi) is 1.98. The van der Waals surface area contributed by atoms with Gasteiger partial charge in [-0.15, -0.1) is 0 Å². The van der Waals surface area contributed by atoms with Crippen molar-refractivity contribution in [3.05, 3.63) is 0 Å². The van der Waals surface area contributed by atoms with E-state index in [1.54, 1.807) is 0 Å². The fraction of sp³-hybridized carbons (Fsp3) is 0.625. The van der Waals surface area contributed by atoms with Crippen LogP contribution in [0.25, 0.3) is 0 Å². The molecule has 1 atom stereocenters. The van der Waals surface area contributed by atoms with Crippen molar-refractivity contribution in [3.8, 4) is 0 Å². The van der Waals surface area contributed by atoms with E-state index in [0.717, 1.165) is 11.3 Å². The lowest BCUT2D eigenvalue weighted by Gasteiger charge is -2.38. The predicted octanol–water partition coefficient (Wildman–Crippen LogP) is -0.0446. The van der Waals surface area contributed by atoms with Crippen molar-refractivity contribution in [2.24, 2.45) is 0 Å². The van der Waals surface area contributed by atoms with E-state index in [-0.39, 0.29) is 6.04 Å². The highest BCUT2D eigenvalue weighted by molar-refractivity contribution is 6.18. The van der Waals surface area contributed by atoms with E-state index >= 15 is 0 Å². The molecule has 1 aliphatic carbocycles. The summed E-state index contributed by atoms with van der Waals surface area (Å²) in [6, 6.07) is -1.02. The zero-order valence-electron chi connectivity index (χ0n) is 7.33. The van der Waals surface area contributed by atoms with Gasteiger partial charge in [0.25, 0.3) is 18.0 Å². The normalized spacial score (nSPS) is 28.8. The molecule has 0 aromatic heterocycles. The fourth-order valence-corrected chi connectivity index (χ4v) is 1.55. The molecule has 0 aromatic carbocycles. The van der Waals surface area contributed by atoms with Gasteiger partial charge in [-0.3, -0.25) is 19.8 Å². The summed E-state index contributed by atoms with van der Waals surface area (Å²) < 4.78 is 13.0. The second-order valence-electron chi connectivity index (χ2n) is 3.45. The minimum Gasteiger partial charge on any atom is -0.275 e. The van der Waals surface area contributed by atoms with Gasteiger partial charge in [0.05, 0.1) is 0 Å². The van der Waals surface area contributed by atoms with Gasteiger partial charge in [0.1, 0.15) is 0 Å². The fourth-order valence-electron chi connectivity index (χ4n) is 1.55. The van der Waals surface area contributed by atoms with Crippen LogP contribution in [0.2, 0.25) is 0 Å². The number of urea groups is 1. The molecule has 0 bridgehead atoms. The van der Waals surface area contributed by atoms with Crippen LogP contribution in [0.4, 0.5) is 9.18 Å². The number of hydrogen-bond acceptors (Lipinski definition) is 3. The number of halogens is 1. The summed E-state index contributed by atoms with van der Waals surface area (Å²) in [5.41, 5.74) is 0. The SMILES string of the molecule is O=C1NC(=O)N(C2CCC2)C(=O)C1F. The first-order chi connectivity index (χ1) is 6.61. The van der Waals surface area contributed by atoms with Gasteiger partial charge < -0.3 is 0 Å². The van der Waals surface area contributed by atoms with Crippen molar-refractivity contribution < 1.29 is 18.8 Å². The Balaban J connectivity index is 2.18. The number of carbonyl (C=O) groups is 3. The quantitative estimate of drug-likeness (QED) is 0.604. The van der Waals surface area contributed by atoms with Gasteiger partial charge in [-0.1, -0.05) is 0 Å². The van der Waals surface area contributed by atoms with Crippen LogP contribution in [0, 0.1) is 0 Å². The highest BCUT2D eigenvalue weighted by atomic mass is 19.1. The van der Waals surface area contributed by atoms with Gasteiger partial charge in [0.2, 0.25) is 0 Å². The highest BCUT2D eigenvalue weighted by Gasteiger charge is 2.45. The third-order valence-corrected chi connectivity index (χ3v) is 2.57. The lowest BCUT2D eigenvalue weighted by atomic mass is 9.91. The highest BCUT2D eigenvalue weighted by Crippen LogP contribution is 2.26. The van der Waals surface area contributed by atoms with Crippen molar-refractivity contribution in [2.45, 2.75) is 31.5 Å². The topological polar surface area (TPSA) is 66.5 Å². The number of carbonyl (C=O) groups excluding carboxylic acids is 3. The lowest BCUT2D eigenvalue weighted by Crippen LogP contribution is -2.63. The Morgan fingerprint density at radius 2 is 1.93 bits per heavy atom. The molecule has 14 heavy (non-hydrogen) atoms.